The smallest absolute Gasteiger partial charge is 0.0526 e. The number of anilines is 2. The summed E-state index contributed by atoms with van der Waals surface area (Å²) in [5.74, 6) is 0. The maximum atomic E-state index is 3.42. The molecule has 0 aromatic heterocycles. The molecule has 0 amide bonds. The Kier molecular flexibility index (Phi) is 3.95. The van der Waals surface area contributed by atoms with Crippen LogP contribution in [0.25, 0.3) is 0 Å². The second kappa shape index (κ2) is 5.03. The van der Waals surface area contributed by atoms with E-state index >= 15 is 0 Å². The van der Waals surface area contributed by atoms with Gasteiger partial charge in [-0.3, -0.25) is 0 Å². The Hall–Kier alpha value is -1.49. The Morgan fingerprint density at radius 2 is 1.12 bits per heavy atom. The van der Waals surface area contributed by atoms with E-state index in [0.717, 1.165) is 0 Å². The first kappa shape index (κ1) is 12.6. The fourth-order valence-electron chi connectivity index (χ4n) is 1.58. The number of hydrogen-bond acceptors (Lipinski definition) is 4. The largest absolute Gasteiger partial charge is 0.354 e. The van der Waals surface area contributed by atoms with Crippen LogP contribution in [0.1, 0.15) is 0 Å². The number of fused-ring (bicyclic) bond motifs is 2. The van der Waals surface area contributed by atoms with E-state index in [0.29, 0.717) is 0 Å². The third kappa shape index (κ3) is 2.04. The van der Waals surface area contributed by atoms with Crippen LogP contribution in [0.5, 0.6) is 0 Å². The second-order valence-corrected chi connectivity index (χ2v) is 4.30. The lowest BCUT2D eigenvalue weighted by Gasteiger charge is -2.19. The molecule has 1 heterocycles. The van der Waals surface area contributed by atoms with Gasteiger partial charge in [0.05, 0.1) is 11.4 Å². The van der Waals surface area contributed by atoms with Crippen LogP contribution in [-0.4, -0.2) is 0 Å². The van der Waals surface area contributed by atoms with E-state index < -0.39 is 0 Å². The van der Waals surface area contributed by atoms with Gasteiger partial charge in [0.2, 0.25) is 0 Å². The van der Waals surface area contributed by atoms with Gasteiger partial charge >= 0.3 is 0 Å². The Balaban J connectivity index is 0.000000640. The first-order valence-corrected chi connectivity index (χ1v) is 5.38. The van der Waals surface area contributed by atoms with Gasteiger partial charge in [-0.2, -0.15) is 0 Å². The van der Waals surface area contributed by atoms with Crippen molar-refractivity contribution in [3.05, 3.63) is 48.5 Å². The van der Waals surface area contributed by atoms with E-state index in [1.54, 1.807) is 0 Å². The highest BCUT2D eigenvalue weighted by Gasteiger charge is 2.13. The molecule has 1 aliphatic rings. The minimum Gasteiger partial charge on any atom is -0.354 e. The molecule has 0 radical (unpaired) electrons. The zero-order valence-electron chi connectivity index (χ0n) is 8.94. The van der Waals surface area contributed by atoms with Crippen LogP contribution in [0.3, 0.4) is 0 Å². The summed E-state index contributed by atoms with van der Waals surface area (Å²) in [6, 6.07) is 16.8. The number of rotatable bonds is 0. The van der Waals surface area contributed by atoms with E-state index in [2.05, 4.69) is 53.8 Å². The quantitative estimate of drug-likeness (QED) is 0.543. The van der Waals surface area contributed by atoms with Crippen molar-refractivity contribution in [1.82, 2.24) is 12.3 Å². The van der Waals surface area contributed by atoms with Crippen molar-refractivity contribution < 1.29 is 0 Å². The molecular weight excluding hydrogens is 218 g/mol. The molecule has 4 heteroatoms. The third-order valence-corrected chi connectivity index (χ3v) is 3.42. The minimum absolute atomic E-state index is 0. The van der Waals surface area contributed by atoms with Crippen molar-refractivity contribution in [2.75, 3.05) is 5.32 Å². The summed E-state index contributed by atoms with van der Waals surface area (Å²) < 4.78 is 0. The van der Waals surface area contributed by atoms with Crippen molar-refractivity contribution in [3.63, 3.8) is 0 Å². The van der Waals surface area contributed by atoms with Gasteiger partial charge < -0.3 is 17.6 Å². The van der Waals surface area contributed by atoms with Gasteiger partial charge in [0, 0.05) is 9.79 Å². The van der Waals surface area contributed by atoms with E-state index in [4.69, 9.17) is 0 Å². The van der Waals surface area contributed by atoms with Crippen LogP contribution in [0.4, 0.5) is 11.4 Å². The summed E-state index contributed by atoms with van der Waals surface area (Å²) in [5.41, 5.74) is 2.41. The van der Waals surface area contributed by atoms with E-state index in [-0.39, 0.29) is 12.3 Å². The molecule has 3 rings (SSSR count). The van der Waals surface area contributed by atoms with Crippen molar-refractivity contribution in [2.24, 2.45) is 0 Å². The molecule has 2 aromatic carbocycles. The van der Waals surface area contributed by atoms with Gasteiger partial charge in [0.25, 0.3) is 0 Å². The highest BCUT2D eigenvalue weighted by molar-refractivity contribution is 7.99. The topological polar surface area (TPSA) is 82.0 Å². The van der Waals surface area contributed by atoms with Crippen molar-refractivity contribution in [1.29, 1.82) is 0 Å². The Morgan fingerprint density at radius 3 is 1.62 bits per heavy atom. The molecule has 0 saturated heterocycles. The highest BCUT2D eigenvalue weighted by atomic mass is 32.2. The Morgan fingerprint density at radius 1 is 0.688 bits per heavy atom. The van der Waals surface area contributed by atoms with Crippen molar-refractivity contribution in [3.8, 4) is 0 Å². The Bertz CT molecular complexity index is 398. The molecule has 0 spiro atoms. The molecule has 0 bridgehead atoms. The average Bonchev–Trinajstić information content (AvgIpc) is 2.26. The zero-order valence-corrected chi connectivity index (χ0v) is 9.76. The van der Waals surface area contributed by atoms with Gasteiger partial charge in [-0.25, -0.2) is 0 Å². The van der Waals surface area contributed by atoms with Crippen LogP contribution in [0, 0.1) is 0 Å². The van der Waals surface area contributed by atoms with E-state index in [1.165, 1.54) is 21.2 Å². The first-order valence-electron chi connectivity index (χ1n) is 4.56. The summed E-state index contributed by atoms with van der Waals surface area (Å²) >= 11 is 1.82. The van der Waals surface area contributed by atoms with Crippen LogP contribution in [0.15, 0.2) is 58.3 Å². The van der Waals surface area contributed by atoms with Crippen LogP contribution in [0.2, 0.25) is 0 Å². The van der Waals surface area contributed by atoms with E-state index in [9.17, 15) is 0 Å². The molecule has 16 heavy (non-hydrogen) atoms. The van der Waals surface area contributed by atoms with Gasteiger partial charge in [0.15, 0.2) is 0 Å². The molecule has 0 unspecified atom stereocenters. The summed E-state index contributed by atoms with van der Waals surface area (Å²) in [6.07, 6.45) is 0. The van der Waals surface area contributed by atoms with E-state index in [1.807, 2.05) is 11.8 Å². The van der Waals surface area contributed by atoms with Gasteiger partial charge in [-0.1, -0.05) is 36.0 Å². The Labute approximate surface area is 99.4 Å². The third-order valence-electron chi connectivity index (χ3n) is 2.26. The zero-order chi connectivity index (χ0) is 9.38. The van der Waals surface area contributed by atoms with Crippen molar-refractivity contribution >= 4 is 23.1 Å². The molecule has 2 aromatic rings. The molecule has 0 aliphatic carbocycles. The number of nitrogens with one attached hydrogen (secondary N) is 1. The van der Waals surface area contributed by atoms with Crippen molar-refractivity contribution in [2.45, 2.75) is 9.79 Å². The fraction of sp³-hybridized carbons (Fsp3) is 0. The molecule has 0 fully saturated rings. The maximum absolute atomic E-state index is 3.42. The predicted molar refractivity (Wildman–Crippen MR) is 70.3 cm³/mol. The average molecular weight is 233 g/mol. The van der Waals surface area contributed by atoms with Crippen LogP contribution < -0.4 is 17.6 Å². The predicted octanol–water partition coefficient (Wildman–Crippen LogP) is 4.22. The summed E-state index contributed by atoms with van der Waals surface area (Å²) in [7, 11) is 0. The molecule has 84 valence electrons. The highest BCUT2D eigenvalue weighted by Crippen LogP contribution is 2.43. The lowest BCUT2D eigenvalue weighted by atomic mass is 10.2. The SMILES string of the molecule is N.N.c1ccc2c(c1)Nc1ccccc1S2. The number of benzene rings is 2. The monoisotopic (exact) mass is 233 g/mol. The molecule has 1 aliphatic heterocycles. The standard InChI is InChI=1S/C12H9NS.2H3N/c1-3-7-11-9(5-1)13-10-6-2-4-8-12(10)14-11;;/h1-8,13H;2*1H3. The summed E-state index contributed by atoms with van der Waals surface area (Å²) in [5, 5.41) is 3.42. The number of hydrogen-bond donors (Lipinski definition) is 3. The molecule has 0 atom stereocenters. The maximum Gasteiger partial charge on any atom is 0.0526 e. The molecular formula is C12H15N3S. The molecule has 7 N–H and O–H groups in total. The van der Waals surface area contributed by atoms with Crippen LogP contribution >= 0.6 is 11.8 Å². The lowest BCUT2D eigenvalue weighted by Crippen LogP contribution is -1.98. The normalized spacial score (nSPS) is 11.0. The fourth-order valence-corrected chi connectivity index (χ4v) is 2.57. The molecule has 0 saturated carbocycles. The first-order chi connectivity index (χ1) is 6.93. The van der Waals surface area contributed by atoms with Gasteiger partial charge in [-0.05, 0) is 24.3 Å². The van der Waals surface area contributed by atoms with Gasteiger partial charge in [0.1, 0.15) is 0 Å². The summed E-state index contributed by atoms with van der Waals surface area (Å²) in [6.45, 7) is 0. The van der Waals surface area contributed by atoms with Crippen LogP contribution in [-0.2, 0) is 0 Å². The minimum atomic E-state index is 0. The second-order valence-electron chi connectivity index (χ2n) is 3.22. The summed E-state index contributed by atoms with van der Waals surface area (Å²) in [4.78, 5) is 2.59. The van der Waals surface area contributed by atoms with Gasteiger partial charge in [-0.15, -0.1) is 0 Å². The lowest BCUT2D eigenvalue weighted by molar-refractivity contribution is 1.32. The number of para-hydroxylation sites is 2. The molecule has 3 nitrogen and oxygen atoms in total.